The molecule has 0 aliphatic carbocycles. The number of carbonyl (C=O) groups is 1. The molecule has 3 aromatic heterocycles. The average Bonchev–Trinajstić information content (AvgIpc) is 3.25. The van der Waals surface area contributed by atoms with E-state index in [1.165, 1.54) is 24.6 Å². The fourth-order valence-electron chi connectivity index (χ4n) is 3.23. The number of aliphatic hydroxyl groups excluding tert-OH is 2. The zero-order chi connectivity index (χ0) is 19.2. The van der Waals surface area contributed by atoms with Gasteiger partial charge in [-0.25, -0.2) is 9.97 Å². The molecule has 0 bridgehead atoms. The Morgan fingerprint density at radius 2 is 2.19 bits per heavy atom. The summed E-state index contributed by atoms with van der Waals surface area (Å²) in [5.74, 6) is 0.130. The summed E-state index contributed by atoms with van der Waals surface area (Å²) in [5.41, 5.74) is 0.265. The number of ether oxygens (including phenoxy) is 1. The number of nitrogens with one attached hydrogen (secondary N) is 1. The molecule has 0 fully saturated rings. The lowest BCUT2D eigenvalue weighted by Gasteiger charge is -2.32. The second-order valence-corrected chi connectivity index (χ2v) is 7.37. The lowest BCUT2D eigenvalue weighted by molar-refractivity contribution is -0.159. The van der Waals surface area contributed by atoms with Crippen LogP contribution in [-0.2, 0) is 4.74 Å². The Kier molecular flexibility index (Phi) is 4.44. The quantitative estimate of drug-likeness (QED) is 0.493. The summed E-state index contributed by atoms with van der Waals surface area (Å²) in [6, 6.07) is 1.84. The Bertz CT molecular complexity index is 1010. The number of anilines is 1. The molecule has 1 amide bonds. The van der Waals surface area contributed by atoms with Gasteiger partial charge in [0, 0.05) is 17.3 Å². The molecule has 4 rings (SSSR count). The van der Waals surface area contributed by atoms with Crippen molar-refractivity contribution in [3.8, 4) is 11.1 Å². The van der Waals surface area contributed by atoms with E-state index in [0.717, 1.165) is 11.1 Å². The van der Waals surface area contributed by atoms with Crippen molar-refractivity contribution in [1.82, 2.24) is 14.5 Å². The fraction of sp³-hybridized carbons (Fsp3) is 0.353. The number of nitrogens with zero attached hydrogens (tertiary/aromatic N) is 3. The molecule has 10 heteroatoms. The van der Waals surface area contributed by atoms with E-state index < -0.39 is 18.4 Å². The number of aromatic nitrogens is 3. The normalized spacial score (nSPS) is 16.5. The molecule has 0 saturated heterocycles. The molecule has 4 N–H and O–H groups in total. The topological polar surface area (TPSA) is 130 Å². The van der Waals surface area contributed by atoms with Crippen LogP contribution in [0.4, 0.5) is 5.82 Å². The van der Waals surface area contributed by atoms with Crippen LogP contribution in [0.2, 0.25) is 0 Å². The number of thiophene rings is 1. The highest BCUT2D eigenvalue weighted by Gasteiger charge is 2.37. The van der Waals surface area contributed by atoms with Crippen molar-refractivity contribution in [2.75, 3.05) is 25.1 Å². The third kappa shape index (κ3) is 2.82. The fourth-order valence-corrected chi connectivity index (χ4v) is 4.03. The lowest BCUT2D eigenvalue weighted by Crippen LogP contribution is -2.41. The molecule has 0 aromatic carbocycles. The second-order valence-electron chi connectivity index (χ2n) is 6.45. The first-order chi connectivity index (χ1) is 13.0. The molecule has 4 heterocycles. The highest BCUT2D eigenvalue weighted by atomic mass is 32.1. The van der Waals surface area contributed by atoms with E-state index in [9.17, 15) is 15.0 Å². The average molecular weight is 390 g/mol. The molecule has 1 aliphatic heterocycles. The standard InChI is InChI=1S/C17H18N4O5S/c1-17(25,7-23)16(26-4-3-22)21-6-10-9-2-5-27-12(9)15(24)20-13-11(10)14(21)19-8-18-13/h2,5-6,8,16,22-23,25H,3-4,7H2,1H3,(H,18,19,20,24)/t16?,17-/m1/s1. The Morgan fingerprint density at radius 1 is 1.37 bits per heavy atom. The van der Waals surface area contributed by atoms with Crippen molar-refractivity contribution < 1.29 is 24.9 Å². The highest BCUT2D eigenvalue weighted by molar-refractivity contribution is 7.12. The number of hydrogen-bond donors (Lipinski definition) is 4. The van der Waals surface area contributed by atoms with Crippen molar-refractivity contribution >= 4 is 34.1 Å². The summed E-state index contributed by atoms with van der Waals surface area (Å²) in [6.07, 6.45) is 2.03. The Hall–Kier alpha value is -2.37. The second kappa shape index (κ2) is 6.66. The van der Waals surface area contributed by atoms with E-state index in [1.807, 2.05) is 11.4 Å². The van der Waals surface area contributed by atoms with Crippen LogP contribution in [-0.4, -0.2) is 61.2 Å². The van der Waals surface area contributed by atoms with Gasteiger partial charge in [-0.05, 0) is 18.4 Å². The highest BCUT2D eigenvalue weighted by Crippen LogP contribution is 2.42. The summed E-state index contributed by atoms with van der Waals surface area (Å²) in [4.78, 5) is 21.5. The molecule has 3 aromatic rings. The summed E-state index contributed by atoms with van der Waals surface area (Å²) < 4.78 is 7.24. The zero-order valence-electron chi connectivity index (χ0n) is 14.4. The third-order valence-electron chi connectivity index (χ3n) is 4.47. The summed E-state index contributed by atoms with van der Waals surface area (Å²) in [6.45, 7) is 0.603. The van der Waals surface area contributed by atoms with E-state index in [4.69, 9.17) is 9.84 Å². The van der Waals surface area contributed by atoms with E-state index in [-0.39, 0.29) is 19.1 Å². The maximum Gasteiger partial charge on any atom is 0.267 e. The van der Waals surface area contributed by atoms with Crippen molar-refractivity contribution in [3.05, 3.63) is 28.8 Å². The SMILES string of the molecule is C[C@@](O)(CO)C(OCCO)n1cc2c3c(ncnc31)NC(=O)c1sccc1-2. The smallest absolute Gasteiger partial charge is 0.267 e. The minimum atomic E-state index is -1.63. The van der Waals surface area contributed by atoms with Gasteiger partial charge in [-0.3, -0.25) is 4.79 Å². The molecular formula is C17H18N4O5S. The van der Waals surface area contributed by atoms with Gasteiger partial charge in [-0.2, -0.15) is 0 Å². The van der Waals surface area contributed by atoms with Crippen LogP contribution in [0.5, 0.6) is 0 Å². The van der Waals surface area contributed by atoms with Crippen molar-refractivity contribution in [2.24, 2.45) is 0 Å². The van der Waals surface area contributed by atoms with Crippen molar-refractivity contribution in [1.29, 1.82) is 0 Å². The van der Waals surface area contributed by atoms with E-state index in [1.54, 1.807) is 10.8 Å². The van der Waals surface area contributed by atoms with Gasteiger partial charge in [0.15, 0.2) is 6.23 Å². The monoisotopic (exact) mass is 390 g/mol. The Morgan fingerprint density at radius 3 is 2.93 bits per heavy atom. The molecule has 27 heavy (non-hydrogen) atoms. The molecule has 1 unspecified atom stereocenters. The van der Waals surface area contributed by atoms with Gasteiger partial charge < -0.3 is 29.9 Å². The number of fused-ring (bicyclic) bond motifs is 2. The molecular weight excluding hydrogens is 372 g/mol. The number of carbonyl (C=O) groups excluding carboxylic acids is 1. The summed E-state index contributed by atoms with van der Waals surface area (Å²) in [7, 11) is 0. The molecule has 0 radical (unpaired) electrons. The minimum Gasteiger partial charge on any atom is -0.394 e. The van der Waals surface area contributed by atoms with Crippen LogP contribution in [0.15, 0.2) is 24.0 Å². The van der Waals surface area contributed by atoms with Crippen molar-refractivity contribution in [2.45, 2.75) is 18.8 Å². The van der Waals surface area contributed by atoms with E-state index >= 15 is 0 Å². The van der Waals surface area contributed by atoms with Crippen LogP contribution in [0, 0.1) is 0 Å². The Labute approximate surface area is 157 Å². The van der Waals surface area contributed by atoms with Gasteiger partial charge in [-0.1, -0.05) is 0 Å². The van der Waals surface area contributed by atoms with Gasteiger partial charge in [0.25, 0.3) is 5.91 Å². The first-order valence-electron chi connectivity index (χ1n) is 8.28. The van der Waals surface area contributed by atoms with Gasteiger partial charge >= 0.3 is 0 Å². The van der Waals surface area contributed by atoms with Crippen LogP contribution in [0.3, 0.4) is 0 Å². The minimum absolute atomic E-state index is 0.0335. The maximum atomic E-state index is 12.4. The molecule has 2 atom stereocenters. The number of hydrogen-bond acceptors (Lipinski definition) is 8. The molecule has 9 nitrogen and oxygen atoms in total. The van der Waals surface area contributed by atoms with Gasteiger partial charge in [-0.15, -0.1) is 11.3 Å². The maximum absolute atomic E-state index is 12.4. The number of rotatable bonds is 6. The van der Waals surface area contributed by atoms with Crippen LogP contribution in [0.1, 0.15) is 22.8 Å². The number of aliphatic hydroxyl groups is 3. The van der Waals surface area contributed by atoms with Crippen molar-refractivity contribution in [3.63, 3.8) is 0 Å². The van der Waals surface area contributed by atoms with Gasteiger partial charge in [0.2, 0.25) is 0 Å². The van der Waals surface area contributed by atoms with Crippen LogP contribution >= 0.6 is 11.3 Å². The summed E-state index contributed by atoms with van der Waals surface area (Å²) in [5, 5.41) is 34.7. The first kappa shape index (κ1) is 18.0. The largest absolute Gasteiger partial charge is 0.394 e. The van der Waals surface area contributed by atoms with Gasteiger partial charge in [0.1, 0.15) is 28.3 Å². The van der Waals surface area contributed by atoms with E-state index in [2.05, 4.69) is 15.3 Å². The predicted octanol–water partition coefficient (Wildman–Crippen LogP) is 0.976. The molecule has 142 valence electrons. The summed E-state index contributed by atoms with van der Waals surface area (Å²) >= 11 is 1.32. The van der Waals surface area contributed by atoms with Crippen LogP contribution in [0.25, 0.3) is 22.2 Å². The van der Waals surface area contributed by atoms with Gasteiger partial charge in [0.05, 0.1) is 25.2 Å². The third-order valence-corrected chi connectivity index (χ3v) is 5.39. The number of amides is 1. The predicted molar refractivity (Wildman–Crippen MR) is 98.6 cm³/mol. The molecule has 0 saturated carbocycles. The molecule has 1 aliphatic rings. The lowest BCUT2D eigenvalue weighted by atomic mass is 10.1. The van der Waals surface area contributed by atoms with E-state index in [0.29, 0.717) is 21.7 Å². The molecule has 0 spiro atoms. The first-order valence-corrected chi connectivity index (χ1v) is 9.16. The zero-order valence-corrected chi connectivity index (χ0v) is 15.2. The van der Waals surface area contributed by atoms with Crippen LogP contribution < -0.4 is 5.32 Å². The Balaban J connectivity index is 1.97.